The Morgan fingerprint density at radius 3 is 1.20 bits per heavy atom. The minimum absolute atomic E-state index is 0.0831. The van der Waals surface area contributed by atoms with Crippen LogP contribution in [0.4, 0.5) is 27.5 Å². The van der Waals surface area contributed by atoms with Gasteiger partial charge in [-0.05, 0) is 61.4 Å². The zero-order valence-electron chi connectivity index (χ0n) is 28.2. The number of fused-ring (bicyclic) bond motifs is 2. The van der Waals surface area contributed by atoms with Crippen molar-refractivity contribution in [1.82, 2.24) is 10.6 Å². The summed E-state index contributed by atoms with van der Waals surface area (Å²) in [6.45, 7) is 3.21. The molecule has 0 aliphatic heterocycles. The molecule has 8 N–H and O–H groups in total. The number of hydrogen-bond acceptors (Lipinski definition) is 11. The van der Waals surface area contributed by atoms with Crippen molar-refractivity contribution in [2.45, 2.75) is 23.6 Å². The molecule has 0 bridgehead atoms. The van der Waals surface area contributed by atoms with E-state index in [-0.39, 0.29) is 21.9 Å². The van der Waals surface area contributed by atoms with Crippen molar-refractivity contribution in [1.29, 1.82) is 0 Å². The smallest absolute Gasteiger partial charge is 0.328 e. The van der Waals surface area contributed by atoms with E-state index in [4.69, 9.17) is 0 Å². The molecule has 54 heavy (non-hydrogen) atoms. The largest absolute Gasteiger partial charge is 0.506 e. The zero-order valence-corrected chi connectivity index (χ0v) is 29.8. The lowest BCUT2D eigenvalue weighted by Gasteiger charge is -2.15. The molecule has 0 spiro atoms. The first-order valence-electron chi connectivity index (χ1n) is 15.8. The summed E-state index contributed by atoms with van der Waals surface area (Å²) in [6, 6.07) is 22.7. The fraction of sp³-hybridized carbons (Fsp3) is 0.0541. The van der Waals surface area contributed by atoms with E-state index in [0.29, 0.717) is 44.6 Å². The topological polar surface area (TPSA) is 249 Å². The number of rotatable bonds is 8. The first kappa shape index (κ1) is 37.2. The van der Waals surface area contributed by atoms with Gasteiger partial charge in [0.25, 0.3) is 32.1 Å². The molecule has 15 nitrogen and oxygen atoms in total. The van der Waals surface area contributed by atoms with Crippen LogP contribution < -0.4 is 21.3 Å². The number of hydrogen-bond donors (Lipinski definition) is 8. The number of anilines is 4. The molecule has 6 aromatic carbocycles. The lowest BCUT2D eigenvalue weighted by molar-refractivity contribution is 0.0944. The standard InChI is InChI=1S/C37H30N4O11S2/c1-19-15-21(38-29-17-31(42)33(53(47,48)49)27-9-5-3-7-25(27)29)11-13-23(19)35(44)40-37(46)41-36(45)24-14-12-22(16-20(24)2)39-30-18-32(43)34(54(50,51)52)28-10-6-4-8-26(28)30/h3-18,38-39,42-43H,1-2H3,(H,47,48,49)(H,50,51,52)(H2,40,41,44,45,46). The van der Waals surface area contributed by atoms with E-state index in [0.717, 1.165) is 12.1 Å². The van der Waals surface area contributed by atoms with Crippen molar-refractivity contribution in [2.75, 3.05) is 10.6 Å². The van der Waals surface area contributed by atoms with Crippen LogP contribution in [0.3, 0.4) is 0 Å². The summed E-state index contributed by atoms with van der Waals surface area (Å²) in [5.41, 5.74) is 2.57. The van der Waals surface area contributed by atoms with Gasteiger partial charge in [-0.2, -0.15) is 16.8 Å². The van der Waals surface area contributed by atoms with Gasteiger partial charge in [0.1, 0.15) is 21.3 Å². The van der Waals surface area contributed by atoms with Gasteiger partial charge in [-0.3, -0.25) is 29.3 Å². The molecule has 0 unspecified atom stereocenters. The van der Waals surface area contributed by atoms with Crippen molar-refractivity contribution in [3.63, 3.8) is 0 Å². The summed E-state index contributed by atoms with van der Waals surface area (Å²) in [5.74, 6) is -2.96. The molecule has 0 aliphatic rings. The minimum atomic E-state index is -4.74. The average molecular weight is 771 g/mol. The van der Waals surface area contributed by atoms with E-state index in [1.807, 2.05) is 0 Å². The Labute approximate surface area is 307 Å². The minimum Gasteiger partial charge on any atom is -0.506 e. The highest BCUT2D eigenvalue weighted by atomic mass is 32.2. The molecule has 17 heteroatoms. The predicted molar refractivity (Wildman–Crippen MR) is 200 cm³/mol. The highest BCUT2D eigenvalue weighted by molar-refractivity contribution is 7.86. The second-order valence-electron chi connectivity index (χ2n) is 12.1. The van der Waals surface area contributed by atoms with E-state index in [9.17, 15) is 50.5 Å². The van der Waals surface area contributed by atoms with Crippen LogP contribution in [0.25, 0.3) is 21.5 Å². The number of urea groups is 1. The van der Waals surface area contributed by atoms with Crippen LogP contribution in [0.15, 0.2) is 107 Å². The first-order valence-corrected chi connectivity index (χ1v) is 18.7. The van der Waals surface area contributed by atoms with Crippen molar-refractivity contribution in [3.8, 4) is 11.5 Å². The molecule has 0 aliphatic carbocycles. The van der Waals surface area contributed by atoms with Crippen molar-refractivity contribution >= 4 is 82.4 Å². The maximum atomic E-state index is 13.0. The lowest BCUT2D eigenvalue weighted by atomic mass is 10.1. The third-order valence-corrected chi connectivity index (χ3v) is 10.3. The third kappa shape index (κ3) is 7.50. The molecule has 276 valence electrons. The molecule has 0 fully saturated rings. The van der Waals surface area contributed by atoms with Crippen LogP contribution in [0.2, 0.25) is 0 Å². The number of phenolic OH excluding ortho intramolecular Hbond substituents is 2. The SMILES string of the molecule is Cc1cc(Nc2cc(O)c(S(=O)(=O)O)c3ccccc23)ccc1C(=O)NC(=O)NC(=O)c1ccc(Nc2cc(O)c(S(=O)(=O)O)c3ccccc23)cc1C. The number of aromatic hydroxyl groups is 2. The Kier molecular flexibility index (Phi) is 9.74. The van der Waals surface area contributed by atoms with Crippen LogP contribution in [0.1, 0.15) is 31.8 Å². The molecular weight excluding hydrogens is 741 g/mol. The average Bonchev–Trinajstić information content (AvgIpc) is 3.07. The Balaban J connectivity index is 1.13. The molecule has 0 radical (unpaired) electrons. The van der Waals surface area contributed by atoms with E-state index in [2.05, 4.69) is 21.3 Å². The van der Waals surface area contributed by atoms with E-state index < -0.39 is 59.4 Å². The maximum absolute atomic E-state index is 13.0. The molecule has 6 rings (SSSR count). The Hall–Kier alpha value is -6.53. The van der Waals surface area contributed by atoms with Gasteiger partial charge in [0.05, 0.1) is 11.4 Å². The van der Waals surface area contributed by atoms with E-state index in [1.165, 1.54) is 36.4 Å². The fourth-order valence-electron chi connectivity index (χ4n) is 6.09. The lowest BCUT2D eigenvalue weighted by Crippen LogP contribution is -2.42. The Morgan fingerprint density at radius 2 is 0.870 bits per heavy atom. The number of carbonyl (C=O) groups is 3. The molecule has 0 aromatic heterocycles. The van der Waals surface area contributed by atoms with Crippen LogP contribution in [-0.4, -0.2) is 54.0 Å². The zero-order chi connectivity index (χ0) is 39.1. The number of carbonyl (C=O) groups excluding carboxylic acids is 3. The van der Waals surface area contributed by atoms with Gasteiger partial charge >= 0.3 is 6.03 Å². The highest BCUT2D eigenvalue weighted by Gasteiger charge is 2.24. The number of imide groups is 2. The Morgan fingerprint density at radius 1 is 0.519 bits per heavy atom. The number of phenols is 2. The molecular formula is C37H30N4O11S2. The molecule has 0 saturated carbocycles. The van der Waals surface area contributed by atoms with Gasteiger partial charge in [-0.1, -0.05) is 48.5 Å². The predicted octanol–water partition coefficient (Wildman–Crippen LogP) is 6.28. The third-order valence-electron chi connectivity index (χ3n) is 8.42. The maximum Gasteiger partial charge on any atom is 0.328 e. The summed E-state index contributed by atoms with van der Waals surface area (Å²) in [6.07, 6.45) is 0. The van der Waals surface area contributed by atoms with Gasteiger partial charge in [-0.15, -0.1) is 0 Å². The van der Waals surface area contributed by atoms with Crippen molar-refractivity contribution < 1.29 is 50.5 Å². The van der Waals surface area contributed by atoms with Gasteiger partial charge < -0.3 is 20.8 Å². The van der Waals surface area contributed by atoms with Crippen molar-refractivity contribution in [3.05, 3.63) is 119 Å². The summed E-state index contributed by atoms with van der Waals surface area (Å²) in [7, 11) is -9.48. The van der Waals surface area contributed by atoms with Crippen molar-refractivity contribution in [2.24, 2.45) is 0 Å². The van der Waals surface area contributed by atoms with Crippen LogP contribution in [0.5, 0.6) is 11.5 Å². The first-order chi connectivity index (χ1) is 25.4. The summed E-state index contributed by atoms with van der Waals surface area (Å²) >= 11 is 0. The van der Waals surface area contributed by atoms with Crippen LogP contribution in [-0.2, 0) is 20.2 Å². The van der Waals surface area contributed by atoms with Gasteiger partial charge in [0.15, 0.2) is 0 Å². The number of aryl methyl sites for hydroxylation is 2. The molecule has 6 aromatic rings. The van der Waals surface area contributed by atoms with E-state index >= 15 is 0 Å². The normalized spacial score (nSPS) is 11.6. The highest BCUT2D eigenvalue weighted by Crippen LogP contribution is 2.39. The van der Waals surface area contributed by atoms with Crippen LogP contribution >= 0.6 is 0 Å². The number of amides is 4. The summed E-state index contributed by atoms with van der Waals surface area (Å²) < 4.78 is 66.9. The summed E-state index contributed by atoms with van der Waals surface area (Å²) in [4.78, 5) is 37.4. The van der Waals surface area contributed by atoms with Gasteiger partial charge in [-0.25, -0.2) is 4.79 Å². The number of benzene rings is 6. The molecule has 0 saturated heterocycles. The van der Waals surface area contributed by atoms with Gasteiger partial charge in [0.2, 0.25) is 0 Å². The second-order valence-corrected chi connectivity index (χ2v) is 14.8. The van der Waals surface area contributed by atoms with Gasteiger partial charge in [0, 0.05) is 56.2 Å². The molecule has 4 amide bonds. The molecule has 0 heterocycles. The number of nitrogens with one attached hydrogen (secondary N) is 4. The Bertz CT molecular complexity index is 2600. The monoisotopic (exact) mass is 770 g/mol. The van der Waals surface area contributed by atoms with Crippen LogP contribution in [0, 0.1) is 13.8 Å². The quantitative estimate of drug-likeness (QED) is 0.0795. The second kappa shape index (κ2) is 14.1. The van der Waals surface area contributed by atoms with E-state index in [1.54, 1.807) is 62.4 Å². The fourth-order valence-corrected chi connectivity index (χ4v) is 7.65. The molecule has 0 atom stereocenters. The summed E-state index contributed by atoms with van der Waals surface area (Å²) in [5, 5.41) is 32.1.